The number of carbonyl (C=O) groups is 1. The van der Waals surface area contributed by atoms with Crippen LogP contribution in [0.2, 0.25) is 5.02 Å². The topological polar surface area (TPSA) is 100 Å². The Morgan fingerprint density at radius 1 is 1.18 bits per heavy atom. The Kier molecular flexibility index (Phi) is 8.04. The van der Waals surface area contributed by atoms with Gasteiger partial charge in [-0.2, -0.15) is 0 Å². The van der Waals surface area contributed by atoms with E-state index in [-0.39, 0.29) is 30.9 Å². The van der Waals surface area contributed by atoms with Crippen molar-refractivity contribution in [2.75, 3.05) is 38.2 Å². The molecule has 1 N–H and O–H groups in total. The minimum absolute atomic E-state index is 0.0932. The van der Waals surface area contributed by atoms with Gasteiger partial charge in [0.1, 0.15) is 12.0 Å². The Balaban J connectivity index is 1.34. The zero-order valence-electron chi connectivity index (χ0n) is 22.0. The number of rotatable bonds is 8. The molecule has 0 unspecified atom stereocenters. The van der Waals surface area contributed by atoms with Gasteiger partial charge in [0.05, 0.1) is 17.7 Å². The van der Waals surface area contributed by atoms with Crippen LogP contribution < -0.4 is 4.90 Å². The largest absolute Gasteiger partial charge is 0.395 e. The molecule has 0 aliphatic carbocycles. The number of carbonyl (C=O) groups excluding carboxylic acids is 1. The zero-order valence-corrected chi connectivity index (χ0v) is 22.8. The van der Waals surface area contributed by atoms with Gasteiger partial charge in [0.2, 0.25) is 5.95 Å². The molecule has 1 aromatic carbocycles. The van der Waals surface area contributed by atoms with Crippen LogP contribution in [0, 0.1) is 5.82 Å². The number of aliphatic hydroxyl groups excluding tert-OH is 1. The minimum Gasteiger partial charge on any atom is -0.395 e. The summed E-state index contributed by atoms with van der Waals surface area (Å²) in [6, 6.07) is 5.14. The number of benzene rings is 1. The van der Waals surface area contributed by atoms with Crippen molar-refractivity contribution >= 4 is 34.5 Å². The van der Waals surface area contributed by atoms with Crippen molar-refractivity contribution in [3.8, 4) is 0 Å². The number of hydrogen-bond donors (Lipinski definition) is 1. The third-order valence-corrected chi connectivity index (χ3v) is 7.67. The summed E-state index contributed by atoms with van der Waals surface area (Å²) < 4.78 is 17.3. The molecule has 4 heterocycles. The lowest BCUT2D eigenvalue weighted by atomic mass is 10.0. The molecule has 1 saturated heterocycles. The lowest BCUT2D eigenvalue weighted by molar-refractivity contribution is 0.0767. The predicted molar refractivity (Wildman–Crippen MR) is 148 cm³/mol. The first-order chi connectivity index (χ1) is 18.9. The number of anilines is 1. The van der Waals surface area contributed by atoms with E-state index < -0.39 is 0 Å². The van der Waals surface area contributed by atoms with Crippen molar-refractivity contribution in [2.24, 2.45) is 0 Å². The fraction of sp³-hybridized carbons (Fsp3) is 0.393. The number of aliphatic hydroxyl groups is 1. The van der Waals surface area contributed by atoms with Gasteiger partial charge in [-0.1, -0.05) is 24.6 Å². The molecule has 0 spiro atoms. The number of aryl methyl sites for hydroxylation is 1. The number of piperidine rings is 1. The second kappa shape index (κ2) is 11.6. The molecule has 11 heteroatoms. The van der Waals surface area contributed by atoms with Gasteiger partial charge < -0.3 is 19.5 Å². The number of amides is 1. The lowest BCUT2D eigenvalue weighted by Gasteiger charge is -2.32. The second-order valence-electron chi connectivity index (χ2n) is 9.80. The fourth-order valence-electron chi connectivity index (χ4n) is 5.03. The first-order valence-electron chi connectivity index (χ1n) is 13.1. The molecular weight excluding hydrogens is 521 g/mol. The van der Waals surface area contributed by atoms with E-state index in [1.807, 2.05) is 17.0 Å². The van der Waals surface area contributed by atoms with Crippen LogP contribution in [0.3, 0.4) is 0 Å². The third kappa shape index (κ3) is 5.58. The molecule has 0 atom stereocenters. The highest BCUT2D eigenvalue weighted by molar-refractivity contribution is 6.31. The molecular formula is C28H31ClFN7O2. The summed E-state index contributed by atoms with van der Waals surface area (Å²) in [5, 5.41) is 9.87. The normalized spacial score (nSPS) is 14.2. The molecule has 204 valence electrons. The maximum atomic E-state index is 15.3. The Morgan fingerprint density at radius 3 is 2.59 bits per heavy atom. The molecule has 9 nitrogen and oxygen atoms in total. The number of nitrogens with zero attached hydrogens (tertiary/aromatic N) is 7. The molecule has 1 aliphatic heterocycles. The molecule has 0 bridgehead atoms. The SMILES string of the molecule is CCc1cnc(N2CCC(n3cc(F)c4c(Cc5ccc(C(=O)N(C)CCO)cc5Cl)ncnc43)CC2)nc1. The van der Waals surface area contributed by atoms with E-state index in [2.05, 4.69) is 31.8 Å². The number of aromatic nitrogens is 5. The molecule has 5 rings (SSSR count). The summed E-state index contributed by atoms with van der Waals surface area (Å²) >= 11 is 6.53. The first-order valence-corrected chi connectivity index (χ1v) is 13.5. The lowest BCUT2D eigenvalue weighted by Crippen LogP contribution is -2.35. The van der Waals surface area contributed by atoms with Crippen LogP contribution in [0.5, 0.6) is 0 Å². The smallest absolute Gasteiger partial charge is 0.253 e. The van der Waals surface area contributed by atoms with Crippen LogP contribution in [0.15, 0.2) is 43.1 Å². The zero-order chi connectivity index (χ0) is 27.5. The Hall–Kier alpha value is -3.63. The van der Waals surface area contributed by atoms with E-state index in [0.29, 0.717) is 33.7 Å². The summed E-state index contributed by atoms with van der Waals surface area (Å²) in [5.41, 5.74) is 3.36. The highest BCUT2D eigenvalue weighted by atomic mass is 35.5. The van der Waals surface area contributed by atoms with Gasteiger partial charge in [-0.3, -0.25) is 4.79 Å². The third-order valence-electron chi connectivity index (χ3n) is 7.32. The monoisotopic (exact) mass is 551 g/mol. The quantitative estimate of drug-likeness (QED) is 0.352. The first kappa shape index (κ1) is 27.0. The number of fused-ring (bicyclic) bond motifs is 1. The predicted octanol–water partition coefficient (Wildman–Crippen LogP) is 4.07. The standard InChI is InChI=1S/C28H31ClFN7O2/c1-3-18-14-31-28(32-15-18)36-8-6-21(7-9-36)37-16-23(30)25-24(33-17-34-26(25)37)13-19-4-5-20(12-22(19)29)27(39)35(2)10-11-38/h4-5,12,14-17,21,38H,3,6-11,13H2,1-2H3. The molecule has 0 radical (unpaired) electrons. The average Bonchev–Trinajstić information content (AvgIpc) is 3.31. The van der Waals surface area contributed by atoms with Crippen molar-refractivity contribution in [3.05, 3.63) is 76.3 Å². The molecule has 1 amide bonds. The molecule has 0 saturated carbocycles. The van der Waals surface area contributed by atoms with Gasteiger partial charge in [0, 0.05) is 68.3 Å². The van der Waals surface area contributed by atoms with Crippen molar-refractivity contribution in [3.63, 3.8) is 0 Å². The van der Waals surface area contributed by atoms with Gasteiger partial charge in [0.15, 0.2) is 5.82 Å². The summed E-state index contributed by atoms with van der Waals surface area (Å²) in [4.78, 5) is 34.0. The highest BCUT2D eigenvalue weighted by Crippen LogP contribution is 2.32. The van der Waals surface area contributed by atoms with E-state index >= 15 is 4.39 Å². The number of halogens is 2. The van der Waals surface area contributed by atoms with Crippen molar-refractivity contribution in [1.29, 1.82) is 0 Å². The maximum absolute atomic E-state index is 15.3. The molecule has 1 fully saturated rings. The van der Waals surface area contributed by atoms with E-state index in [0.717, 1.165) is 49.4 Å². The second-order valence-corrected chi connectivity index (χ2v) is 10.2. The van der Waals surface area contributed by atoms with E-state index in [1.165, 1.54) is 17.4 Å². The van der Waals surface area contributed by atoms with E-state index in [9.17, 15) is 4.79 Å². The molecule has 3 aromatic heterocycles. The fourth-order valence-corrected chi connectivity index (χ4v) is 5.27. The Bertz CT molecular complexity index is 1470. The molecule has 39 heavy (non-hydrogen) atoms. The summed E-state index contributed by atoms with van der Waals surface area (Å²) in [6.45, 7) is 3.72. The van der Waals surface area contributed by atoms with Crippen LogP contribution in [0.1, 0.15) is 53.0 Å². The van der Waals surface area contributed by atoms with E-state index in [1.54, 1.807) is 25.2 Å². The van der Waals surface area contributed by atoms with Gasteiger partial charge in [-0.25, -0.2) is 24.3 Å². The van der Waals surface area contributed by atoms with Gasteiger partial charge in [-0.05, 0) is 42.5 Å². The average molecular weight is 552 g/mol. The van der Waals surface area contributed by atoms with E-state index in [4.69, 9.17) is 16.7 Å². The van der Waals surface area contributed by atoms with Gasteiger partial charge in [-0.15, -0.1) is 0 Å². The summed E-state index contributed by atoms with van der Waals surface area (Å²) in [5.74, 6) is 0.124. The van der Waals surface area contributed by atoms with Crippen LogP contribution in [-0.2, 0) is 12.8 Å². The number of hydrogen-bond acceptors (Lipinski definition) is 7. The maximum Gasteiger partial charge on any atom is 0.253 e. The van der Waals surface area contributed by atoms with Crippen molar-refractivity contribution in [2.45, 2.75) is 38.6 Å². The van der Waals surface area contributed by atoms with Crippen molar-refractivity contribution in [1.82, 2.24) is 29.4 Å². The highest BCUT2D eigenvalue weighted by Gasteiger charge is 2.26. The van der Waals surface area contributed by atoms with Crippen LogP contribution in [0.4, 0.5) is 10.3 Å². The van der Waals surface area contributed by atoms with Crippen LogP contribution in [-0.4, -0.2) is 73.7 Å². The molecule has 1 aliphatic rings. The number of likely N-dealkylation sites (N-methyl/N-ethyl adjacent to an activating group) is 1. The Morgan fingerprint density at radius 2 is 1.92 bits per heavy atom. The van der Waals surface area contributed by atoms with Crippen LogP contribution >= 0.6 is 11.6 Å². The minimum atomic E-state index is -0.366. The van der Waals surface area contributed by atoms with Gasteiger partial charge >= 0.3 is 0 Å². The van der Waals surface area contributed by atoms with Gasteiger partial charge in [0.25, 0.3) is 5.91 Å². The summed E-state index contributed by atoms with van der Waals surface area (Å²) in [6.07, 6.45) is 9.55. The molecule has 4 aromatic rings. The summed E-state index contributed by atoms with van der Waals surface area (Å²) in [7, 11) is 1.62. The Labute approximate surface area is 231 Å². The van der Waals surface area contributed by atoms with Crippen LogP contribution in [0.25, 0.3) is 11.0 Å². The van der Waals surface area contributed by atoms with Crippen molar-refractivity contribution < 1.29 is 14.3 Å².